The molecule has 1 aromatic carbocycles. The first-order chi connectivity index (χ1) is 12.0. The maximum Gasteiger partial charge on any atom is 0.416 e. The molecule has 1 fully saturated rings. The minimum absolute atomic E-state index is 0.242. The number of likely N-dealkylation sites (tertiary alicyclic amines) is 1. The number of hydrogen-bond acceptors (Lipinski definition) is 3. The molecule has 1 aromatic rings. The quantitative estimate of drug-likeness (QED) is 0.731. The highest BCUT2D eigenvalue weighted by Gasteiger charge is 2.35. The Bertz CT molecular complexity index is 674. The lowest BCUT2D eigenvalue weighted by Gasteiger charge is -2.38. The summed E-state index contributed by atoms with van der Waals surface area (Å²) in [5, 5.41) is 0. The fourth-order valence-electron chi connectivity index (χ4n) is 3.67. The number of anilines is 1. The van der Waals surface area contributed by atoms with Crippen LogP contribution in [0.15, 0.2) is 18.2 Å². The Hall–Kier alpha value is -1.92. The lowest BCUT2D eigenvalue weighted by molar-refractivity contribution is -0.137. The second-order valence-corrected chi connectivity index (χ2v) is 7.98. The van der Waals surface area contributed by atoms with Crippen LogP contribution in [0.3, 0.4) is 0 Å². The zero-order valence-corrected chi connectivity index (χ0v) is 15.4. The van der Waals surface area contributed by atoms with Gasteiger partial charge in [0.25, 0.3) is 0 Å². The molecule has 1 saturated heterocycles. The van der Waals surface area contributed by atoms with Crippen LogP contribution in [0.25, 0.3) is 0 Å². The first kappa shape index (κ1) is 18.9. The van der Waals surface area contributed by atoms with Gasteiger partial charge in [-0.3, -0.25) is 0 Å². The van der Waals surface area contributed by atoms with Crippen LogP contribution in [0.5, 0.6) is 0 Å². The molecule has 7 heteroatoms. The van der Waals surface area contributed by atoms with Gasteiger partial charge >= 0.3 is 12.3 Å². The van der Waals surface area contributed by atoms with Crippen molar-refractivity contribution >= 4 is 11.8 Å². The maximum atomic E-state index is 12.9. The van der Waals surface area contributed by atoms with E-state index in [2.05, 4.69) is 4.90 Å². The smallest absolute Gasteiger partial charge is 0.416 e. The van der Waals surface area contributed by atoms with Crippen molar-refractivity contribution in [2.24, 2.45) is 0 Å². The lowest BCUT2D eigenvalue weighted by atomic mass is 10.0. The lowest BCUT2D eigenvalue weighted by Crippen LogP contribution is -2.47. The highest BCUT2D eigenvalue weighted by Crippen LogP contribution is 2.37. The van der Waals surface area contributed by atoms with Crippen molar-refractivity contribution < 1.29 is 22.7 Å². The standard InChI is InChI=1S/C19H25F3N2O2/c1-18(2,3)26-17(25)23-9-7-15(8-10-23)24-11-6-13-12-14(19(20,21)22)4-5-16(13)24/h4-5,12,15H,6-11H2,1-3H3. The van der Waals surface area contributed by atoms with Gasteiger partial charge < -0.3 is 14.5 Å². The number of carbonyl (C=O) groups excluding carboxylic acids is 1. The fraction of sp³-hybridized carbons (Fsp3) is 0.632. The predicted molar refractivity (Wildman–Crippen MR) is 93.3 cm³/mol. The van der Waals surface area contributed by atoms with E-state index in [4.69, 9.17) is 4.74 Å². The molecule has 3 rings (SSSR count). The van der Waals surface area contributed by atoms with E-state index in [-0.39, 0.29) is 12.1 Å². The third-order valence-electron chi connectivity index (χ3n) is 4.90. The largest absolute Gasteiger partial charge is 0.444 e. The number of amides is 1. The van der Waals surface area contributed by atoms with Crippen LogP contribution in [0.1, 0.15) is 44.7 Å². The Labute approximate surface area is 151 Å². The van der Waals surface area contributed by atoms with Crippen LogP contribution in [0, 0.1) is 0 Å². The van der Waals surface area contributed by atoms with E-state index in [1.807, 2.05) is 20.8 Å². The van der Waals surface area contributed by atoms with Gasteiger partial charge in [-0.2, -0.15) is 13.2 Å². The highest BCUT2D eigenvalue weighted by molar-refractivity contribution is 5.68. The molecule has 0 N–H and O–H groups in total. The molecule has 0 bridgehead atoms. The average molecular weight is 370 g/mol. The molecule has 0 spiro atoms. The molecular weight excluding hydrogens is 345 g/mol. The summed E-state index contributed by atoms with van der Waals surface area (Å²) in [6.07, 6.45) is -2.39. The second-order valence-electron chi connectivity index (χ2n) is 7.98. The summed E-state index contributed by atoms with van der Waals surface area (Å²) in [5.41, 5.74) is 0.554. The normalized spacial score (nSPS) is 18.8. The minimum atomic E-state index is -4.30. The zero-order valence-electron chi connectivity index (χ0n) is 15.4. The monoisotopic (exact) mass is 370 g/mol. The molecule has 0 aliphatic carbocycles. The van der Waals surface area contributed by atoms with Crippen molar-refractivity contribution in [3.8, 4) is 0 Å². The van der Waals surface area contributed by atoms with Crippen LogP contribution in [0.4, 0.5) is 23.7 Å². The molecule has 2 heterocycles. The van der Waals surface area contributed by atoms with Gasteiger partial charge in [0.15, 0.2) is 0 Å². The molecule has 2 aliphatic heterocycles. The SMILES string of the molecule is CC(C)(C)OC(=O)N1CCC(N2CCc3cc(C(F)(F)F)ccc32)CC1. The van der Waals surface area contributed by atoms with Gasteiger partial charge in [0.1, 0.15) is 5.60 Å². The van der Waals surface area contributed by atoms with Crippen LogP contribution < -0.4 is 4.90 Å². The molecule has 0 aromatic heterocycles. The van der Waals surface area contributed by atoms with Crippen molar-refractivity contribution in [2.75, 3.05) is 24.5 Å². The second kappa shape index (κ2) is 6.67. The number of fused-ring (bicyclic) bond motifs is 1. The Kier molecular flexibility index (Phi) is 4.84. The van der Waals surface area contributed by atoms with Crippen molar-refractivity contribution in [1.29, 1.82) is 0 Å². The number of ether oxygens (including phenoxy) is 1. The van der Waals surface area contributed by atoms with E-state index in [0.29, 0.717) is 19.5 Å². The third kappa shape index (κ3) is 4.07. The minimum Gasteiger partial charge on any atom is -0.444 e. The van der Waals surface area contributed by atoms with Crippen molar-refractivity contribution in [2.45, 2.75) is 57.9 Å². The maximum absolute atomic E-state index is 12.9. The number of rotatable bonds is 1. The van der Waals surface area contributed by atoms with Crippen LogP contribution >= 0.6 is 0 Å². The van der Waals surface area contributed by atoms with Gasteiger partial charge in [0.05, 0.1) is 5.56 Å². The number of piperidine rings is 1. The van der Waals surface area contributed by atoms with E-state index >= 15 is 0 Å². The van der Waals surface area contributed by atoms with Gasteiger partial charge in [0.2, 0.25) is 0 Å². The Morgan fingerprint density at radius 2 is 1.77 bits per heavy atom. The Balaban J connectivity index is 1.63. The van der Waals surface area contributed by atoms with Crippen molar-refractivity contribution in [3.63, 3.8) is 0 Å². The molecule has 26 heavy (non-hydrogen) atoms. The summed E-state index contributed by atoms with van der Waals surface area (Å²) in [6.45, 7) is 7.46. The summed E-state index contributed by atoms with van der Waals surface area (Å²) < 4.78 is 44.1. The molecule has 0 unspecified atom stereocenters. The van der Waals surface area contributed by atoms with Crippen molar-refractivity contribution in [1.82, 2.24) is 4.90 Å². The number of alkyl halides is 3. The summed E-state index contributed by atoms with van der Waals surface area (Å²) >= 11 is 0. The van der Waals surface area contributed by atoms with E-state index in [9.17, 15) is 18.0 Å². The van der Waals surface area contributed by atoms with Gasteiger partial charge in [-0.1, -0.05) is 0 Å². The molecule has 1 amide bonds. The van der Waals surface area contributed by atoms with E-state index < -0.39 is 17.3 Å². The number of nitrogens with zero attached hydrogens (tertiary/aromatic N) is 2. The van der Waals surface area contributed by atoms with Crippen molar-refractivity contribution in [3.05, 3.63) is 29.3 Å². The summed E-state index contributed by atoms with van der Waals surface area (Å²) in [6, 6.07) is 4.26. The zero-order chi connectivity index (χ0) is 19.1. The molecule has 2 aliphatic rings. The van der Waals surface area contributed by atoms with Crippen LogP contribution in [-0.2, 0) is 17.3 Å². The predicted octanol–water partition coefficient (Wildman–Crippen LogP) is 4.47. The number of benzene rings is 1. The number of hydrogen-bond donors (Lipinski definition) is 0. The topological polar surface area (TPSA) is 32.8 Å². The van der Waals surface area contributed by atoms with Gasteiger partial charge in [-0.05, 0) is 63.8 Å². The molecular formula is C19H25F3N2O2. The van der Waals surface area contributed by atoms with Gasteiger partial charge in [-0.15, -0.1) is 0 Å². The Morgan fingerprint density at radius 1 is 1.12 bits per heavy atom. The molecule has 0 saturated carbocycles. The van der Waals surface area contributed by atoms with E-state index in [0.717, 1.165) is 36.7 Å². The van der Waals surface area contributed by atoms with Gasteiger partial charge in [0, 0.05) is 31.4 Å². The average Bonchev–Trinajstić information content (AvgIpc) is 2.95. The first-order valence-electron chi connectivity index (χ1n) is 8.99. The summed E-state index contributed by atoms with van der Waals surface area (Å²) in [7, 11) is 0. The summed E-state index contributed by atoms with van der Waals surface area (Å²) in [4.78, 5) is 16.1. The Morgan fingerprint density at radius 3 is 2.35 bits per heavy atom. The molecule has 0 atom stereocenters. The molecule has 0 radical (unpaired) electrons. The van der Waals surface area contributed by atoms with Crippen LogP contribution in [-0.4, -0.2) is 42.3 Å². The summed E-state index contributed by atoms with van der Waals surface area (Å²) in [5.74, 6) is 0. The van der Waals surface area contributed by atoms with E-state index in [1.165, 1.54) is 6.07 Å². The van der Waals surface area contributed by atoms with Crippen LogP contribution in [0.2, 0.25) is 0 Å². The molecule has 144 valence electrons. The molecule has 4 nitrogen and oxygen atoms in total. The highest BCUT2D eigenvalue weighted by atomic mass is 19.4. The van der Waals surface area contributed by atoms with Gasteiger partial charge in [-0.25, -0.2) is 4.79 Å². The number of halogens is 3. The third-order valence-corrected chi connectivity index (χ3v) is 4.90. The first-order valence-corrected chi connectivity index (χ1v) is 8.99. The van der Waals surface area contributed by atoms with E-state index in [1.54, 1.807) is 11.0 Å². The number of carbonyl (C=O) groups is 1. The fourth-order valence-corrected chi connectivity index (χ4v) is 3.67.